The summed E-state index contributed by atoms with van der Waals surface area (Å²) in [7, 11) is 1.59. The van der Waals surface area contributed by atoms with Gasteiger partial charge in [0.2, 0.25) is 0 Å². The van der Waals surface area contributed by atoms with Crippen molar-refractivity contribution in [3.63, 3.8) is 0 Å². The SMILES string of the molecule is COCCNC(=O)COc1c(C)ccc(N)c1C. The average molecular weight is 252 g/mol. The number of benzene rings is 1. The molecule has 0 aliphatic heterocycles. The van der Waals surface area contributed by atoms with Crippen LogP contribution in [-0.4, -0.2) is 32.8 Å². The van der Waals surface area contributed by atoms with Gasteiger partial charge in [-0.05, 0) is 25.5 Å². The lowest BCUT2D eigenvalue weighted by Crippen LogP contribution is -2.31. The van der Waals surface area contributed by atoms with Crippen LogP contribution in [-0.2, 0) is 9.53 Å². The van der Waals surface area contributed by atoms with Crippen LogP contribution in [0.1, 0.15) is 11.1 Å². The van der Waals surface area contributed by atoms with Gasteiger partial charge in [0.1, 0.15) is 5.75 Å². The molecular weight excluding hydrogens is 232 g/mol. The lowest BCUT2D eigenvalue weighted by atomic mass is 10.1. The highest BCUT2D eigenvalue weighted by Gasteiger charge is 2.09. The molecule has 0 saturated carbocycles. The van der Waals surface area contributed by atoms with E-state index in [0.717, 1.165) is 11.1 Å². The minimum absolute atomic E-state index is 0.0190. The Morgan fingerprint density at radius 1 is 1.39 bits per heavy atom. The van der Waals surface area contributed by atoms with Gasteiger partial charge >= 0.3 is 0 Å². The Morgan fingerprint density at radius 3 is 2.78 bits per heavy atom. The molecule has 100 valence electrons. The second-order valence-electron chi connectivity index (χ2n) is 4.06. The van der Waals surface area contributed by atoms with E-state index in [1.807, 2.05) is 26.0 Å². The Balaban J connectivity index is 2.53. The van der Waals surface area contributed by atoms with Crippen molar-refractivity contribution in [1.29, 1.82) is 0 Å². The number of carbonyl (C=O) groups excluding carboxylic acids is 1. The van der Waals surface area contributed by atoms with E-state index in [4.69, 9.17) is 15.2 Å². The summed E-state index contributed by atoms with van der Waals surface area (Å²) in [5.41, 5.74) is 8.28. The number of nitrogen functional groups attached to an aromatic ring is 1. The van der Waals surface area contributed by atoms with Crippen LogP contribution in [0.25, 0.3) is 0 Å². The Kier molecular flexibility index (Phi) is 5.45. The summed E-state index contributed by atoms with van der Waals surface area (Å²) in [6.07, 6.45) is 0. The van der Waals surface area contributed by atoms with E-state index in [9.17, 15) is 4.79 Å². The number of hydrogen-bond acceptors (Lipinski definition) is 4. The van der Waals surface area contributed by atoms with Crippen LogP contribution in [0.15, 0.2) is 12.1 Å². The van der Waals surface area contributed by atoms with E-state index < -0.39 is 0 Å². The summed E-state index contributed by atoms with van der Waals surface area (Å²) in [4.78, 5) is 11.5. The first-order valence-corrected chi connectivity index (χ1v) is 5.80. The van der Waals surface area contributed by atoms with Gasteiger partial charge in [0, 0.05) is 24.9 Å². The van der Waals surface area contributed by atoms with E-state index in [2.05, 4.69) is 5.32 Å². The Hall–Kier alpha value is -1.75. The molecule has 3 N–H and O–H groups in total. The van der Waals surface area contributed by atoms with Crippen LogP contribution in [0, 0.1) is 13.8 Å². The molecule has 0 atom stereocenters. The molecule has 1 rings (SSSR count). The van der Waals surface area contributed by atoms with Crippen molar-refractivity contribution < 1.29 is 14.3 Å². The standard InChI is InChI=1S/C13H20N2O3/c1-9-4-5-11(14)10(2)13(9)18-8-12(16)15-6-7-17-3/h4-5H,6-8,14H2,1-3H3,(H,15,16). The average Bonchev–Trinajstić information content (AvgIpc) is 2.34. The molecule has 5 heteroatoms. The van der Waals surface area contributed by atoms with Crippen molar-refractivity contribution in [3.05, 3.63) is 23.3 Å². The van der Waals surface area contributed by atoms with Crippen LogP contribution in [0.4, 0.5) is 5.69 Å². The number of nitrogens with two attached hydrogens (primary N) is 1. The van der Waals surface area contributed by atoms with Gasteiger partial charge in [-0.15, -0.1) is 0 Å². The highest BCUT2D eigenvalue weighted by atomic mass is 16.5. The summed E-state index contributed by atoms with van der Waals surface area (Å²) in [5.74, 6) is 0.505. The van der Waals surface area contributed by atoms with E-state index in [-0.39, 0.29) is 12.5 Å². The van der Waals surface area contributed by atoms with Crippen LogP contribution in [0.2, 0.25) is 0 Å². The fourth-order valence-corrected chi connectivity index (χ4v) is 1.55. The number of rotatable bonds is 6. The minimum atomic E-state index is -0.173. The third kappa shape index (κ3) is 3.92. The molecule has 0 fully saturated rings. The molecule has 1 aromatic rings. The largest absolute Gasteiger partial charge is 0.483 e. The summed E-state index contributed by atoms with van der Waals surface area (Å²) in [5, 5.41) is 2.69. The summed E-state index contributed by atoms with van der Waals surface area (Å²) >= 11 is 0. The second-order valence-corrected chi connectivity index (χ2v) is 4.06. The lowest BCUT2D eigenvalue weighted by molar-refractivity contribution is -0.123. The van der Waals surface area contributed by atoms with Gasteiger partial charge in [0.05, 0.1) is 6.61 Å². The summed E-state index contributed by atoms with van der Waals surface area (Å²) in [6, 6.07) is 3.71. The highest BCUT2D eigenvalue weighted by molar-refractivity contribution is 5.77. The first kappa shape index (κ1) is 14.3. The lowest BCUT2D eigenvalue weighted by Gasteiger charge is -2.13. The molecule has 0 unspecified atom stereocenters. The molecule has 0 aromatic heterocycles. The molecule has 18 heavy (non-hydrogen) atoms. The number of hydrogen-bond donors (Lipinski definition) is 2. The van der Waals surface area contributed by atoms with E-state index in [1.165, 1.54) is 0 Å². The molecule has 0 bridgehead atoms. The maximum Gasteiger partial charge on any atom is 0.258 e. The quantitative estimate of drug-likeness (QED) is 0.586. The molecule has 1 amide bonds. The molecule has 0 aliphatic carbocycles. The molecule has 0 heterocycles. The molecular formula is C13H20N2O3. The molecule has 5 nitrogen and oxygen atoms in total. The predicted octanol–water partition coefficient (Wildman–Crippen LogP) is 1.03. The normalized spacial score (nSPS) is 10.2. The van der Waals surface area contributed by atoms with Gasteiger partial charge in [-0.1, -0.05) is 6.07 Å². The van der Waals surface area contributed by atoms with Gasteiger partial charge in [-0.25, -0.2) is 0 Å². The van der Waals surface area contributed by atoms with E-state index >= 15 is 0 Å². The topological polar surface area (TPSA) is 73.6 Å². The summed E-state index contributed by atoms with van der Waals surface area (Å²) < 4.78 is 10.3. The zero-order chi connectivity index (χ0) is 13.5. The molecule has 0 aliphatic rings. The van der Waals surface area contributed by atoms with Crippen molar-refractivity contribution in [2.45, 2.75) is 13.8 Å². The van der Waals surface area contributed by atoms with Crippen molar-refractivity contribution in [2.75, 3.05) is 32.6 Å². The molecule has 0 radical (unpaired) electrons. The molecule has 0 spiro atoms. The fourth-order valence-electron chi connectivity index (χ4n) is 1.55. The van der Waals surface area contributed by atoms with E-state index in [0.29, 0.717) is 24.6 Å². The Labute approximate surface area is 107 Å². The zero-order valence-electron chi connectivity index (χ0n) is 11.1. The number of aryl methyl sites for hydroxylation is 1. The highest BCUT2D eigenvalue weighted by Crippen LogP contribution is 2.27. The van der Waals surface area contributed by atoms with Gasteiger partial charge in [0.15, 0.2) is 6.61 Å². The first-order valence-electron chi connectivity index (χ1n) is 5.80. The monoisotopic (exact) mass is 252 g/mol. The second kappa shape index (κ2) is 6.86. The summed E-state index contributed by atoms with van der Waals surface area (Å²) in [6.45, 7) is 4.75. The van der Waals surface area contributed by atoms with Gasteiger partial charge in [-0.3, -0.25) is 4.79 Å². The van der Waals surface area contributed by atoms with Crippen molar-refractivity contribution in [2.24, 2.45) is 0 Å². The maximum atomic E-state index is 11.5. The van der Waals surface area contributed by atoms with E-state index in [1.54, 1.807) is 7.11 Å². The van der Waals surface area contributed by atoms with Gasteiger partial charge in [0.25, 0.3) is 5.91 Å². The first-order chi connectivity index (χ1) is 8.56. The smallest absolute Gasteiger partial charge is 0.258 e. The van der Waals surface area contributed by atoms with Gasteiger partial charge in [-0.2, -0.15) is 0 Å². The number of methoxy groups -OCH3 is 1. The Bertz CT molecular complexity index is 419. The fraction of sp³-hybridized carbons (Fsp3) is 0.462. The maximum absolute atomic E-state index is 11.5. The Morgan fingerprint density at radius 2 is 2.11 bits per heavy atom. The third-order valence-corrected chi connectivity index (χ3v) is 2.62. The zero-order valence-corrected chi connectivity index (χ0v) is 11.1. The van der Waals surface area contributed by atoms with Crippen LogP contribution < -0.4 is 15.8 Å². The van der Waals surface area contributed by atoms with Crippen molar-refractivity contribution in [3.8, 4) is 5.75 Å². The number of nitrogens with one attached hydrogen (secondary N) is 1. The third-order valence-electron chi connectivity index (χ3n) is 2.62. The number of anilines is 1. The van der Waals surface area contributed by atoms with Crippen LogP contribution >= 0.6 is 0 Å². The minimum Gasteiger partial charge on any atom is -0.483 e. The van der Waals surface area contributed by atoms with Crippen molar-refractivity contribution in [1.82, 2.24) is 5.32 Å². The molecule has 1 aromatic carbocycles. The predicted molar refractivity (Wildman–Crippen MR) is 70.7 cm³/mol. The molecule has 0 saturated heterocycles. The van der Waals surface area contributed by atoms with Crippen LogP contribution in [0.5, 0.6) is 5.75 Å². The number of ether oxygens (including phenoxy) is 2. The van der Waals surface area contributed by atoms with Gasteiger partial charge < -0.3 is 20.5 Å². The van der Waals surface area contributed by atoms with Crippen LogP contribution in [0.3, 0.4) is 0 Å². The van der Waals surface area contributed by atoms with Crippen molar-refractivity contribution >= 4 is 11.6 Å². The number of amides is 1. The number of carbonyl (C=O) groups is 1.